The predicted molar refractivity (Wildman–Crippen MR) is 73.9 cm³/mol. The Morgan fingerprint density at radius 1 is 1.35 bits per heavy atom. The lowest BCUT2D eigenvalue weighted by atomic mass is 10.1. The fourth-order valence-corrected chi connectivity index (χ4v) is 1.66. The molecular formula is C14H22ClNO. The van der Waals surface area contributed by atoms with Gasteiger partial charge in [0.05, 0.1) is 11.6 Å². The summed E-state index contributed by atoms with van der Waals surface area (Å²) in [5.41, 5.74) is 1.17. The van der Waals surface area contributed by atoms with E-state index in [2.05, 4.69) is 32.2 Å². The van der Waals surface area contributed by atoms with Crippen LogP contribution in [-0.2, 0) is 0 Å². The molecule has 0 amide bonds. The minimum Gasteiger partial charge on any atom is -0.492 e. The third-order valence-electron chi connectivity index (χ3n) is 3.11. The molecule has 0 spiro atoms. The van der Waals surface area contributed by atoms with E-state index in [1.165, 1.54) is 5.56 Å². The van der Waals surface area contributed by atoms with Gasteiger partial charge >= 0.3 is 0 Å². The second-order valence-electron chi connectivity index (χ2n) is 4.52. The Balaban J connectivity index is 2.69. The van der Waals surface area contributed by atoms with Crippen molar-refractivity contribution in [1.82, 2.24) is 5.32 Å². The van der Waals surface area contributed by atoms with Crippen LogP contribution in [0.4, 0.5) is 0 Å². The third kappa shape index (κ3) is 4.21. The molecule has 0 fully saturated rings. The molecule has 2 atom stereocenters. The molecule has 0 aliphatic carbocycles. The van der Waals surface area contributed by atoms with Crippen LogP contribution in [0.5, 0.6) is 5.75 Å². The summed E-state index contributed by atoms with van der Waals surface area (Å²) >= 11 is 6.20. The van der Waals surface area contributed by atoms with Gasteiger partial charge in [-0.1, -0.05) is 37.9 Å². The molecule has 1 aromatic rings. The molecule has 0 aliphatic heterocycles. The highest BCUT2D eigenvalue weighted by molar-refractivity contribution is 6.32. The first-order valence-corrected chi connectivity index (χ1v) is 6.55. The molecular weight excluding hydrogens is 234 g/mol. The largest absolute Gasteiger partial charge is 0.492 e. The van der Waals surface area contributed by atoms with Gasteiger partial charge in [0.15, 0.2) is 0 Å². The summed E-state index contributed by atoms with van der Waals surface area (Å²) in [6.45, 7) is 7.15. The Morgan fingerprint density at radius 2 is 2.06 bits per heavy atom. The van der Waals surface area contributed by atoms with Gasteiger partial charge in [-0.3, -0.25) is 0 Å². The summed E-state index contributed by atoms with van der Waals surface area (Å²) in [6.07, 6.45) is 1.12. The number of ether oxygens (including phenoxy) is 1. The fraction of sp³-hybridized carbons (Fsp3) is 0.571. The monoisotopic (exact) mass is 255 g/mol. The molecule has 0 heterocycles. The van der Waals surface area contributed by atoms with Crippen LogP contribution in [0.25, 0.3) is 0 Å². The van der Waals surface area contributed by atoms with Gasteiger partial charge in [-0.05, 0) is 37.6 Å². The number of hydrogen-bond donors (Lipinski definition) is 1. The quantitative estimate of drug-likeness (QED) is 0.828. The second kappa shape index (κ2) is 6.87. The van der Waals surface area contributed by atoms with Crippen LogP contribution in [0.2, 0.25) is 5.02 Å². The predicted octanol–water partition coefficient (Wildman–Crippen LogP) is 4.05. The Labute approximate surface area is 109 Å². The van der Waals surface area contributed by atoms with Crippen molar-refractivity contribution in [2.45, 2.75) is 33.2 Å². The van der Waals surface area contributed by atoms with E-state index in [0.29, 0.717) is 17.0 Å². The van der Waals surface area contributed by atoms with Gasteiger partial charge < -0.3 is 10.1 Å². The van der Waals surface area contributed by atoms with E-state index in [9.17, 15) is 0 Å². The van der Waals surface area contributed by atoms with Crippen molar-refractivity contribution >= 4 is 11.6 Å². The summed E-state index contributed by atoms with van der Waals surface area (Å²) in [7, 11) is 1.94. The van der Waals surface area contributed by atoms with E-state index in [1.807, 2.05) is 19.2 Å². The van der Waals surface area contributed by atoms with Gasteiger partial charge in [-0.25, -0.2) is 0 Å². The maximum absolute atomic E-state index is 6.20. The zero-order chi connectivity index (χ0) is 12.8. The van der Waals surface area contributed by atoms with Crippen LogP contribution in [-0.4, -0.2) is 13.7 Å². The van der Waals surface area contributed by atoms with Crippen molar-refractivity contribution in [3.8, 4) is 5.75 Å². The smallest absolute Gasteiger partial charge is 0.137 e. The van der Waals surface area contributed by atoms with Crippen LogP contribution in [0.15, 0.2) is 18.2 Å². The highest BCUT2D eigenvalue weighted by atomic mass is 35.5. The van der Waals surface area contributed by atoms with Crippen molar-refractivity contribution in [3.63, 3.8) is 0 Å². The summed E-state index contributed by atoms with van der Waals surface area (Å²) in [4.78, 5) is 0. The van der Waals surface area contributed by atoms with Crippen LogP contribution in [0.3, 0.4) is 0 Å². The normalized spacial score (nSPS) is 14.4. The summed E-state index contributed by atoms with van der Waals surface area (Å²) in [5, 5.41) is 3.88. The van der Waals surface area contributed by atoms with Crippen LogP contribution in [0, 0.1) is 5.92 Å². The average Bonchev–Trinajstić information content (AvgIpc) is 2.35. The third-order valence-corrected chi connectivity index (χ3v) is 3.40. The number of nitrogens with one attached hydrogen (secondary N) is 1. The molecule has 2 nitrogen and oxygen atoms in total. The zero-order valence-electron chi connectivity index (χ0n) is 11.1. The second-order valence-corrected chi connectivity index (χ2v) is 4.93. The minimum absolute atomic E-state index is 0.302. The first kappa shape index (κ1) is 14.3. The molecule has 0 aromatic heterocycles. The molecule has 0 aliphatic rings. The Kier molecular flexibility index (Phi) is 5.79. The van der Waals surface area contributed by atoms with Gasteiger partial charge in [0, 0.05) is 6.04 Å². The molecule has 1 aromatic carbocycles. The minimum atomic E-state index is 0.302. The van der Waals surface area contributed by atoms with Gasteiger partial charge in [0.1, 0.15) is 5.75 Å². The highest BCUT2D eigenvalue weighted by Gasteiger charge is 2.08. The molecule has 2 unspecified atom stereocenters. The van der Waals surface area contributed by atoms with Crippen molar-refractivity contribution in [2.75, 3.05) is 13.7 Å². The summed E-state index contributed by atoms with van der Waals surface area (Å²) in [5.74, 6) is 1.33. The van der Waals surface area contributed by atoms with Crippen molar-refractivity contribution in [1.29, 1.82) is 0 Å². The maximum Gasteiger partial charge on any atom is 0.137 e. The summed E-state index contributed by atoms with van der Waals surface area (Å²) < 4.78 is 5.71. The van der Waals surface area contributed by atoms with Gasteiger partial charge in [-0.15, -0.1) is 0 Å². The highest BCUT2D eigenvalue weighted by Crippen LogP contribution is 2.28. The van der Waals surface area contributed by atoms with E-state index in [-0.39, 0.29) is 0 Å². The molecule has 17 heavy (non-hydrogen) atoms. The van der Waals surface area contributed by atoms with E-state index >= 15 is 0 Å². The lowest BCUT2D eigenvalue weighted by Gasteiger charge is -2.15. The average molecular weight is 256 g/mol. The molecule has 1 N–H and O–H groups in total. The fourth-order valence-electron chi connectivity index (χ4n) is 1.42. The molecule has 1 rings (SSSR count). The molecule has 0 radical (unpaired) electrons. The Morgan fingerprint density at radius 3 is 2.59 bits per heavy atom. The first-order chi connectivity index (χ1) is 8.08. The molecule has 0 saturated carbocycles. The van der Waals surface area contributed by atoms with E-state index < -0.39 is 0 Å². The van der Waals surface area contributed by atoms with Crippen molar-refractivity contribution in [3.05, 3.63) is 28.8 Å². The SMILES string of the molecule is CCC(C)COc1ccc(C(C)NC)cc1Cl. The van der Waals surface area contributed by atoms with Gasteiger partial charge in [0.25, 0.3) is 0 Å². The van der Waals surface area contributed by atoms with E-state index in [0.717, 1.165) is 18.8 Å². The lowest BCUT2D eigenvalue weighted by molar-refractivity contribution is 0.256. The molecule has 3 heteroatoms. The number of rotatable bonds is 6. The molecule has 0 saturated heterocycles. The Bertz CT molecular complexity index is 354. The summed E-state index contributed by atoms with van der Waals surface area (Å²) in [6, 6.07) is 6.28. The number of benzene rings is 1. The van der Waals surface area contributed by atoms with Gasteiger partial charge in [0.2, 0.25) is 0 Å². The van der Waals surface area contributed by atoms with Gasteiger partial charge in [-0.2, -0.15) is 0 Å². The standard InChI is InChI=1S/C14H22ClNO/c1-5-10(2)9-17-14-7-6-12(8-13(14)15)11(3)16-4/h6-8,10-11,16H,5,9H2,1-4H3. The number of halogens is 1. The number of hydrogen-bond acceptors (Lipinski definition) is 2. The maximum atomic E-state index is 6.20. The Hall–Kier alpha value is -0.730. The van der Waals surface area contributed by atoms with E-state index in [4.69, 9.17) is 16.3 Å². The lowest BCUT2D eigenvalue weighted by Crippen LogP contribution is -2.12. The topological polar surface area (TPSA) is 21.3 Å². The van der Waals surface area contributed by atoms with Crippen LogP contribution >= 0.6 is 11.6 Å². The first-order valence-electron chi connectivity index (χ1n) is 6.18. The van der Waals surface area contributed by atoms with Crippen molar-refractivity contribution < 1.29 is 4.74 Å². The van der Waals surface area contributed by atoms with E-state index in [1.54, 1.807) is 0 Å². The van der Waals surface area contributed by atoms with Crippen LogP contribution < -0.4 is 10.1 Å². The van der Waals surface area contributed by atoms with Crippen molar-refractivity contribution in [2.24, 2.45) is 5.92 Å². The molecule has 0 bridgehead atoms. The van der Waals surface area contributed by atoms with Crippen LogP contribution in [0.1, 0.15) is 38.8 Å². The molecule has 96 valence electrons. The zero-order valence-corrected chi connectivity index (χ0v) is 11.8.